The Kier molecular flexibility index (Phi) is 5.12. The molecule has 0 saturated carbocycles. The van der Waals surface area contributed by atoms with E-state index in [0.29, 0.717) is 16.3 Å². The Balaban J connectivity index is 1.94. The molecule has 0 heterocycles. The SMILES string of the molecule is Cc1ccc(F)cc1NC(=O)CNC(=O)c1ccccc1Cl. The maximum absolute atomic E-state index is 13.1. The van der Waals surface area contributed by atoms with Gasteiger partial charge in [-0.15, -0.1) is 0 Å². The van der Waals surface area contributed by atoms with Crippen LogP contribution in [0.3, 0.4) is 0 Å². The number of carbonyl (C=O) groups excluding carboxylic acids is 2. The van der Waals surface area contributed by atoms with Gasteiger partial charge in [0.05, 0.1) is 17.1 Å². The van der Waals surface area contributed by atoms with E-state index in [9.17, 15) is 14.0 Å². The number of halogens is 2. The predicted octanol–water partition coefficient (Wildman–Crippen LogP) is 3.16. The lowest BCUT2D eigenvalue weighted by Crippen LogP contribution is -2.33. The standard InChI is InChI=1S/C16H14ClFN2O2/c1-10-6-7-11(18)8-14(10)20-15(21)9-19-16(22)12-4-2-3-5-13(12)17/h2-8H,9H2,1H3,(H,19,22)(H,20,21). The fraction of sp³-hybridized carbons (Fsp3) is 0.125. The summed E-state index contributed by atoms with van der Waals surface area (Å²) in [5.74, 6) is -1.34. The summed E-state index contributed by atoms with van der Waals surface area (Å²) in [6, 6.07) is 10.6. The second kappa shape index (κ2) is 7.04. The van der Waals surface area contributed by atoms with Crippen molar-refractivity contribution in [3.05, 3.63) is 64.4 Å². The van der Waals surface area contributed by atoms with Crippen LogP contribution in [0.2, 0.25) is 5.02 Å². The third-order valence-electron chi connectivity index (χ3n) is 3.00. The molecule has 0 unspecified atom stereocenters. The number of benzene rings is 2. The Bertz CT molecular complexity index is 719. The Morgan fingerprint density at radius 1 is 1.18 bits per heavy atom. The summed E-state index contributed by atoms with van der Waals surface area (Å²) >= 11 is 5.90. The third-order valence-corrected chi connectivity index (χ3v) is 3.33. The largest absolute Gasteiger partial charge is 0.343 e. The van der Waals surface area contributed by atoms with Gasteiger partial charge in [0.25, 0.3) is 5.91 Å². The van der Waals surface area contributed by atoms with E-state index < -0.39 is 17.6 Å². The van der Waals surface area contributed by atoms with Gasteiger partial charge >= 0.3 is 0 Å². The highest BCUT2D eigenvalue weighted by Crippen LogP contribution is 2.16. The molecule has 114 valence electrons. The van der Waals surface area contributed by atoms with Crippen LogP contribution in [-0.2, 0) is 4.79 Å². The van der Waals surface area contributed by atoms with E-state index in [2.05, 4.69) is 10.6 Å². The number of hydrogen-bond acceptors (Lipinski definition) is 2. The highest BCUT2D eigenvalue weighted by atomic mass is 35.5. The normalized spacial score (nSPS) is 10.1. The Hall–Kier alpha value is -2.40. The number of aryl methyl sites for hydroxylation is 1. The summed E-state index contributed by atoms with van der Waals surface area (Å²) in [4.78, 5) is 23.7. The molecule has 0 aliphatic rings. The molecule has 0 fully saturated rings. The van der Waals surface area contributed by atoms with Crippen molar-refractivity contribution < 1.29 is 14.0 Å². The molecule has 0 atom stereocenters. The molecule has 2 aromatic rings. The first kappa shape index (κ1) is 16.0. The van der Waals surface area contributed by atoms with Crippen molar-refractivity contribution in [1.82, 2.24) is 5.32 Å². The molecule has 4 nitrogen and oxygen atoms in total. The first-order valence-corrected chi connectivity index (χ1v) is 6.94. The first-order valence-electron chi connectivity index (χ1n) is 6.56. The van der Waals surface area contributed by atoms with Crippen molar-refractivity contribution >= 4 is 29.1 Å². The third kappa shape index (κ3) is 4.05. The number of hydrogen-bond donors (Lipinski definition) is 2. The molecule has 6 heteroatoms. The van der Waals surface area contributed by atoms with E-state index in [1.54, 1.807) is 37.3 Å². The predicted molar refractivity (Wildman–Crippen MR) is 83.6 cm³/mol. The zero-order valence-electron chi connectivity index (χ0n) is 11.8. The Morgan fingerprint density at radius 2 is 1.91 bits per heavy atom. The molecule has 0 aliphatic heterocycles. The summed E-state index contributed by atoms with van der Waals surface area (Å²) < 4.78 is 13.1. The molecule has 0 radical (unpaired) electrons. The Morgan fingerprint density at radius 3 is 2.64 bits per heavy atom. The van der Waals surface area contributed by atoms with Crippen LogP contribution in [0.5, 0.6) is 0 Å². The van der Waals surface area contributed by atoms with E-state index in [0.717, 1.165) is 5.56 Å². The maximum Gasteiger partial charge on any atom is 0.253 e. The molecule has 0 aromatic heterocycles. The van der Waals surface area contributed by atoms with Crippen molar-refractivity contribution in [3.8, 4) is 0 Å². The second-order valence-corrected chi connectivity index (χ2v) is 5.08. The van der Waals surface area contributed by atoms with Gasteiger partial charge in [-0.05, 0) is 36.8 Å². The quantitative estimate of drug-likeness (QED) is 0.909. The molecule has 0 saturated heterocycles. The van der Waals surface area contributed by atoms with Crippen molar-refractivity contribution in [2.24, 2.45) is 0 Å². The van der Waals surface area contributed by atoms with Crippen LogP contribution >= 0.6 is 11.6 Å². The van der Waals surface area contributed by atoms with Crippen LogP contribution in [0.15, 0.2) is 42.5 Å². The monoisotopic (exact) mass is 320 g/mol. The molecule has 2 N–H and O–H groups in total. The van der Waals surface area contributed by atoms with Crippen LogP contribution in [0, 0.1) is 12.7 Å². The summed E-state index contributed by atoms with van der Waals surface area (Å²) in [6.07, 6.45) is 0. The minimum Gasteiger partial charge on any atom is -0.343 e. The van der Waals surface area contributed by atoms with Crippen molar-refractivity contribution in [1.29, 1.82) is 0 Å². The van der Waals surface area contributed by atoms with Gasteiger partial charge in [-0.1, -0.05) is 29.8 Å². The molecule has 2 amide bonds. The van der Waals surface area contributed by atoms with Gasteiger partial charge in [-0.3, -0.25) is 9.59 Å². The van der Waals surface area contributed by atoms with E-state index in [4.69, 9.17) is 11.6 Å². The van der Waals surface area contributed by atoms with Crippen LogP contribution in [0.4, 0.5) is 10.1 Å². The second-order valence-electron chi connectivity index (χ2n) is 4.67. The minimum absolute atomic E-state index is 0.236. The van der Waals surface area contributed by atoms with Gasteiger partial charge in [0, 0.05) is 5.69 Å². The maximum atomic E-state index is 13.1. The first-order chi connectivity index (χ1) is 10.5. The van der Waals surface area contributed by atoms with E-state index in [-0.39, 0.29) is 6.54 Å². The molecule has 0 aliphatic carbocycles. The molecule has 0 spiro atoms. The number of rotatable bonds is 4. The lowest BCUT2D eigenvalue weighted by molar-refractivity contribution is -0.115. The van der Waals surface area contributed by atoms with Gasteiger partial charge in [0.1, 0.15) is 5.82 Å². The van der Waals surface area contributed by atoms with Gasteiger partial charge in [-0.2, -0.15) is 0 Å². The number of anilines is 1. The summed E-state index contributed by atoms with van der Waals surface area (Å²) in [7, 11) is 0. The summed E-state index contributed by atoms with van der Waals surface area (Å²) in [5.41, 5.74) is 1.39. The van der Waals surface area contributed by atoms with Crippen molar-refractivity contribution in [2.45, 2.75) is 6.92 Å². The lowest BCUT2D eigenvalue weighted by Gasteiger charge is -2.10. The average Bonchev–Trinajstić information content (AvgIpc) is 2.49. The zero-order valence-corrected chi connectivity index (χ0v) is 12.6. The minimum atomic E-state index is -0.450. The van der Waals surface area contributed by atoms with E-state index in [1.807, 2.05) is 0 Å². The summed E-state index contributed by atoms with van der Waals surface area (Å²) in [5, 5.41) is 5.32. The van der Waals surface area contributed by atoms with Crippen molar-refractivity contribution in [2.75, 3.05) is 11.9 Å². The van der Waals surface area contributed by atoms with Crippen LogP contribution in [-0.4, -0.2) is 18.4 Å². The smallest absolute Gasteiger partial charge is 0.253 e. The number of nitrogens with one attached hydrogen (secondary N) is 2. The topological polar surface area (TPSA) is 58.2 Å². The van der Waals surface area contributed by atoms with E-state index >= 15 is 0 Å². The molecule has 22 heavy (non-hydrogen) atoms. The fourth-order valence-electron chi connectivity index (χ4n) is 1.82. The zero-order chi connectivity index (χ0) is 16.1. The Labute approximate surface area is 132 Å². The van der Waals surface area contributed by atoms with Gasteiger partial charge < -0.3 is 10.6 Å². The van der Waals surface area contributed by atoms with Crippen molar-refractivity contribution in [3.63, 3.8) is 0 Å². The molecular weight excluding hydrogens is 307 g/mol. The summed E-state index contributed by atoms with van der Waals surface area (Å²) in [6.45, 7) is 1.51. The fourth-order valence-corrected chi connectivity index (χ4v) is 2.05. The highest BCUT2D eigenvalue weighted by molar-refractivity contribution is 6.33. The van der Waals surface area contributed by atoms with E-state index in [1.165, 1.54) is 12.1 Å². The number of amides is 2. The lowest BCUT2D eigenvalue weighted by atomic mass is 10.2. The molecule has 2 rings (SSSR count). The highest BCUT2D eigenvalue weighted by Gasteiger charge is 2.11. The van der Waals surface area contributed by atoms with Gasteiger partial charge in [0.15, 0.2) is 0 Å². The van der Waals surface area contributed by atoms with Crippen LogP contribution in [0.25, 0.3) is 0 Å². The average molecular weight is 321 g/mol. The molecule has 0 bridgehead atoms. The number of carbonyl (C=O) groups is 2. The van der Waals surface area contributed by atoms with Crippen LogP contribution < -0.4 is 10.6 Å². The van der Waals surface area contributed by atoms with Gasteiger partial charge in [0.2, 0.25) is 5.91 Å². The molecular formula is C16H14ClFN2O2. The molecule has 2 aromatic carbocycles. The van der Waals surface area contributed by atoms with Gasteiger partial charge in [-0.25, -0.2) is 4.39 Å². The van der Waals surface area contributed by atoms with Crippen LogP contribution in [0.1, 0.15) is 15.9 Å².